The second-order valence-electron chi connectivity index (χ2n) is 9.57. The third-order valence-electron chi connectivity index (χ3n) is 7.03. The molecule has 2 aliphatic rings. The molecular weight excluding hydrogens is 452 g/mol. The molecule has 2 heterocycles. The van der Waals surface area contributed by atoms with Crippen molar-refractivity contribution in [1.29, 1.82) is 5.26 Å². The van der Waals surface area contributed by atoms with Crippen LogP contribution in [0.4, 0.5) is 10.5 Å². The minimum absolute atomic E-state index is 0.169. The Morgan fingerprint density at radius 1 is 1.14 bits per heavy atom. The molecule has 6 rings (SSSR count). The molecule has 2 N–H and O–H groups in total. The molecule has 0 aliphatic heterocycles. The molecule has 0 saturated heterocycles. The van der Waals surface area contributed by atoms with Gasteiger partial charge in [0, 0.05) is 41.6 Å². The highest BCUT2D eigenvalue weighted by molar-refractivity contribution is 5.96. The molecule has 2 aromatic carbocycles. The highest BCUT2D eigenvalue weighted by atomic mass is 16.5. The number of ether oxygens (including phenoxy) is 1. The van der Waals surface area contributed by atoms with Crippen LogP contribution in [0.15, 0.2) is 61.2 Å². The molecule has 0 unspecified atom stereocenters. The minimum Gasteiger partial charge on any atom is -0.492 e. The molecule has 2 saturated carbocycles. The van der Waals surface area contributed by atoms with E-state index in [4.69, 9.17) is 4.74 Å². The van der Waals surface area contributed by atoms with Crippen molar-refractivity contribution >= 4 is 22.6 Å². The summed E-state index contributed by atoms with van der Waals surface area (Å²) in [5, 5.41) is 17.0. The molecule has 8 heteroatoms. The van der Waals surface area contributed by atoms with E-state index in [9.17, 15) is 10.1 Å². The summed E-state index contributed by atoms with van der Waals surface area (Å²) in [6.07, 6.45) is 10.9. The van der Waals surface area contributed by atoms with Gasteiger partial charge in [0.2, 0.25) is 0 Å². The molecule has 2 amide bonds. The number of hydrogen-bond donors (Lipinski definition) is 2. The summed E-state index contributed by atoms with van der Waals surface area (Å²) in [6.45, 7) is 1.25. The zero-order valence-electron chi connectivity index (χ0n) is 20.0. The lowest BCUT2D eigenvalue weighted by Crippen LogP contribution is -2.41. The van der Waals surface area contributed by atoms with Crippen LogP contribution in [0, 0.1) is 11.3 Å². The van der Waals surface area contributed by atoms with Crippen molar-refractivity contribution in [3.8, 4) is 23.1 Å². The molecule has 4 aromatic rings. The summed E-state index contributed by atoms with van der Waals surface area (Å²) in [5.74, 6) is 0.787. The average Bonchev–Trinajstić information content (AvgIpc) is 3.46. The summed E-state index contributed by atoms with van der Waals surface area (Å²) in [7, 11) is 0. The van der Waals surface area contributed by atoms with Gasteiger partial charge in [-0.05, 0) is 61.9 Å². The number of carbonyl (C=O) groups excluding carboxylic acids is 1. The van der Waals surface area contributed by atoms with Crippen LogP contribution in [0.2, 0.25) is 0 Å². The van der Waals surface area contributed by atoms with Gasteiger partial charge in [-0.25, -0.2) is 9.78 Å². The van der Waals surface area contributed by atoms with Crippen LogP contribution < -0.4 is 15.4 Å². The Bertz CT molecular complexity index is 1420. The van der Waals surface area contributed by atoms with Crippen molar-refractivity contribution in [2.45, 2.75) is 50.7 Å². The largest absolute Gasteiger partial charge is 0.492 e. The standard InChI is InChI=1S/C28H28N6O2/c29-17-25-24-11-10-23(36-15-14-33-13-12-30-18-33)16-26(24)34(22-8-9-22)27(25)19-4-6-21(7-5-19)32-28(35)31-20-2-1-3-20/h4-7,10-13,16,18,20,22H,1-3,8-9,14-15H2,(H2,31,32,35). The van der Waals surface area contributed by atoms with Gasteiger partial charge < -0.3 is 24.5 Å². The van der Waals surface area contributed by atoms with Crippen molar-refractivity contribution in [3.63, 3.8) is 0 Å². The van der Waals surface area contributed by atoms with E-state index in [1.807, 2.05) is 53.2 Å². The van der Waals surface area contributed by atoms with Crippen LogP contribution in [-0.2, 0) is 6.54 Å². The van der Waals surface area contributed by atoms with Crippen molar-refractivity contribution in [3.05, 3.63) is 66.7 Å². The van der Waals surface area contributed by atoms with Gasteiger partial charge >= 0.3 is 6.03 Å². The van der Waals surface area contributed by atoms with E-state index in [0.717, 1.165) is 65.8 Å². The molecule has 182 valence electrons. The number of urea groups is 1. The van der Waals surface area contributed by atoms with Crippen LogP contribution in [0.25, 0.3) is 22.2 Å². The summed E-state index contributed by atoms with van der Waals surface area (Å²) in [6, 6.07) is 16.7. The molecule has 0 radical (unpaired) electrons. The van der Waals surface area contributed by atoms with Crippen LogP contribution >= 0.6 is 0 Å². The fourth-order valence-corrected chi connectivity index (χ4v) is 4.79. The van der Waals surface area contributed by atoms with Gasteiger partial charge in [0.25, 0.3) is 0 Å². The maximum absolute atomic E-state index is 12.2. The van der Waals surface area contributed by atoms with Gasteiger partial charge in [-0.1, -0.05) is 12.1 Å². The van der Waals surface area contributed by atoms with Crippen LogP contribution in [-0.4, -0.2) is 32.8 Å². The van der Waals surface area contributed by atoms with Crippen LogP contribution in [0.3, 0.4) is 0 Å². The molecule has 36 heavy (non-hydrogen) atoms. The first-order valence-electron chi connectivity index (χ1n) is 12.5. The second kappa shape index (κ2) is 9.42. The zero-order chi connectivity index (χ0) is 24.5. The van der Waals surface area contributed by atoms with E-state index in [0.29, 0.717) is 18.2 Å². The van der Waals surface area contributed by atoms with Crippen LogP contribution in [0.1, 0.15) is 43.7 Å². The SMILES string of the molecule is N#Cc1c(-c2ccc(NC(=O)NC3CCC3)cc2)n(C2CC2)c2cc(OCCn3ccnc3)ccc12. The Morgan fingerprint density at radius 2 is 1.97 bits per heavy atom. The molecule has 8 nitrogen and oxygen atoms in total. The van der Waals surface area contributed by atoms with E-state index in [1.165, 1.54) is 6.42 Å². The van der Waals surface area contributed by atoms with Crippen molar-refractivity contribution < 1.29 is 9.53 Å². The van der Waals surface area contributed by atoms with Gasteiger partial charge in [0.05, 0.1) is 29.6 Å². The lowest BCUT2D eigenvalue weighted by molar-refractivity contribution is 0.240. The van der Waals surface area contributed by atoms with E-state index in [-0.39, 0.29) is 12.1 Å². The Labute approximate surface area is 209 Å². The van der Waals surface area contributed by atoms with Gasteiger partial charge in [0.15, 0.2) is 0 Å². The van der Waals surface area contributed by atoms with E-state index in [1.54, 1.807) is 12.5 Å². The Hall–Kier alpha value is -4.25. The smallest absolute Gasteiger partial charge is 0.319 e. The predicted octanol–water partition coefficient (Wildman–Crippen LogP) is 5.46. The molecule has 0 spiro atoms. The number of anilines is 1. The summed E-state index contributed by atoms with van der Waals surface area (Å²) in [5.41, 5.74) is 4.31. The number of rotatable bonds is 8. The molecule has 2 aliphatic carbocycles. The summed E-state index contributed by atoms with van der Waals surface area (Å²) < 4.78 is 10.3. The van der Waals surface area contributed by atoms with E-state index in [2.05, 4.69) is 26.3 Å². The molecule has 2 fully saturated rings. The Kier molecular flexibility index (Phi) is 5.82. The van der Waals surface area contributed by atoms with Gasteiger partial charge in [-0.2, -0.15) is 5.26 Å². The normalized spacial score (nSPS) is 15.3. The molecule has 0 bridgehead atoms. The fraction of sp³-hybridized carbons (Fsp3) is 0.321. The maximum atomic E-state index is 12.2. The number of nitrogens with zero attached hydrogens (tertiary/aromatic N) is 4. The first-order chi connectivity index (χ1) is 17.7. The minimum atomic E-state index is -0.169. The average molecular weight is 481 g/mol. The Morgan fingerprint density at radius 3 is 2.64 bits per heavy atom. The third-order valence-corrected chi connectivity index (χ3v) is 7.03. The first kappa shape index (κ1) is 22.2. The van der Waals surface area contributed by atoms with Gasteiger partial charge in [-0.3, -0.25) is 0 Å². The van der Waals surface area contributed by atoms with E-state index < -0.39 is 0 Å². The number of amides is 2. The lowest BCUT2D eigenvalue weighted by atomic mass is 9.93. The van der Waals surface area contributed by atoms with Gasteiger partial charge in [0.1, 0.15) is 18.4 Å². The number of fused-ring (bicyclic) bond motifs is 1. The van der Waals surface area contributed by atoms with Gasteiger partial charge in [-0.15, -0.1) is 0 Å². The number of hydrogen-bond acceptors (Lipinski definition) is 4. The first-order valence-corrected chi connectivity index (χ1v) is 12.5. The number of nitrogens with one attached hydrogen (secondary N) is 2. The fourth-order valence-electron chi connectivity index (χ4n) is 4.79. The molecular formula is C28H28N6O2. The lowest BCUT2D eigenvalue weighted by Gasteiger charge is -2.26. The molecule has 2 aromatic heterocycles. The number of benzene rings is 2. The van der Waals surface area contributed by atoms with Crippen LogP contribution in [0.5, 0.6) is 5.75 Å². The summed E-state index contributed by atoms with van der Waals surface area (Å²) >= 11 is 0. The zero-order valence-corrected chi connectivity index (χ0v) is 20.0. The van der Waals surface area contributed by atoms with Crippen molar-refractivity contribution in [2.75, 3.05) is 11.9 Å². The quantitative estimate of drug-likeness (QED) is 0.350. The number of aromatic nitrogens is 3. The highest BCUT2D eigenvalue weighted by Crippen LogP contribution is 2.45. The number of carbonyl (C=O) groups is 1. The molecule has 0 atom stereocenters. The predicted molar refractivity (Wildman–Crippen MR) is 138 cm³/mol. The topological polar surface area (TPSA) is 96.9 Å². The Balaban J connectivity index is 1.27. The van der Waals surface area contributed by atoms with E-state index >= 15 is 0 Å². The number of imidazole rings is 1. The third kappa shape index (κ3) is 4.40. The monoisotopic (exact) mass is 480 g/mol. The maximum Gasteiger partial charge on any atom is 0.319 e. The van der Waals surface area contributed by atoms with Crippen molar-refractivity contribution in [1.82, 2.24) is 19.4 Å². The summed E-state index contributed by atoms with van der Waals surface area (Å²) in [4.78, 5) is 16.3. The highest BCUT2D eigenvalue weighted by Gasteiger charge is 2.31. The number of nitriles is 1. The second-order valence-corrected chi connectivity index (χ2v) is 9.57. The van der Waals surface area contributed by atoms with Crippen molar-refractivity contribution in [2.24, 2.45) is 0 Å².